The van der Waals surface area contributed by atoms with E-state index >= 15 is 0 Å². The molecule has 0 atom stereocenters. The predicted octanol–water partition coefficient (Wildman–Crippen LogP) is 5.34. The highest BCUT2D eigenvalue weighted by molar-refractivity contribution is 6.30. The number of rotatable bonds is 5. The van der Waals surface area contributed by atoms with Gasteiger partial charge in [0.05, 0.1) is 17.6 Å². The molecule has 3 nitrogen and oxygen atoms in total. The fourth-order valence-electron chi connectivity index (χ4n) is 2.89. The van der Waals surface area contributed by atoms with Gasteiger partial charge in [-0.25, -0.2) is 9.50 Å². The van der Waals surface area contributed by atoms with Crippen molar-refractivity contribution in [3.05, 3.63) is 100 Å². The molecule has 0 radical (unpaired) electrons. The number of aryl methyl sites for hydroxylation is 2. The fourth-order valence-corrected chi connectivity index (χ4v) is 3.10. The van der Waals surface area contributed by atoms with Gasteiger partial charge in [0.2, 0.25) is 0 Å². The van der Waals surface area contributed by atoms with Crippen molar-refractivity contribution in [2.24, 2.45) is 0 Å². The standard InChI is InChI=1S/C22H18ClN3/c23-19-8-4-7-18(15-19)9-11-20-12-14-22-24-16-21(26(22)25-20)13-10-17-5-2-1-3-6-17/h1-8,10,12-16H,9,11H2/b13-10+. The lowest BCUT2D eigenvalue weighted by Gasteiger charge is -2.04. The van der Waals surface area contributed by atoms with E-state index in [0.29, 0.717) is 0 Å². The van der Waals surface area contributed by atoms with Gasteiger partial charge < -0.3 is 0 Å². The third-order valence-electron chi connectivity index (χ3n) is 4.25. The Morgan fingerprint density at radius 3 is 2.62 bits per heavy atom. The molecule has 0 unspecified atom stereocenters. The van der Waals surface area contributed by atoms with Crippen molar-refractivity contribution >= 4 is 29.4 Å². The highest BCUT2D eigenvalue weighted by Crippen LogP contribution is 2.14. The quantitative estimate of drug-likeness (QED) is 0.481. The van der Waals surface area contributed by atoms with Crippen LogP contribution < -0.4 is 0 Å². The number of imidazole rings is 1. The lowest BCUT2D eigenvalue weighted by Crippen LogP contribution is -2.01. The summed E-state index contributed by atoms with van der Waals surface area (Å²) in [5.41, 5.74) is 5.22. The first-order valence-corrected chi connectivity index (χ1v) is 8.97. The minimum Gasteiger partial charge on any atom is -0.235 e. The number of nitrogens with zero attached hydrogens (tertiary/aromatic N) is 3. The SMILES string of the molecule is Clc1cccc(CCc2ccc3ncc(/C=C/c4ccccc4)n3n2)c1. The van der Waals surface area contributed by atoms with Crippen molar-refractivity contribution in [3.8, 4) is 0 Å². The molecule has 0 spiro atoms. The van der Waals surface area contributed by atoms with E-state index in [-0.39, 0.29) is 0 Å². The van der Waals surface area contributed by atoms with Crippen LogP contribution in [0.5, 0.6) is 0 Å². The maximum atomic E-state index is 6.06. The first-order valence-electron chi connectivity index (χ1n) is 8.59. The van der Waals surface area contributed by atoms with E-state index < -0.39 is 0 Å². The molecular formula is C22H18ClN3. The molecule has 4 heteroatoms. The molecule has 4 rings (SSSR count). The van der Waals surface area contributed by atoms with Crippen molar-refractivity contribution in [2.75, 3.05) is 0 Å². The number of hydrogen-bond acceptors (Lipinski definition) is 2. The van der Waals surface area contributed by atoms with E-state index in [2.05, 4.69) is 29.3 Å². The van der Waals surface area contributed by atoms with Gasteiger partial charge >= 0.3 is 0 Å². The van der Waals surface area contributed by atoms with E-state index in [1.54, 1.807) is 0 Å². The molecule has 2 heterocycles. The average molecular weight is 360 g/mol. The Hall–Kier alpha value is -2.91. The summed E-state index contributed by atoms with van der Waals surface area (Å²) in [6.07, 6.45) is 7.73. The summed E-state index contributed by atoms with van der Waals surface area (Å²) in [5.74, 6) is 0. The molecule has 2 aromatic heterocycles. The zero-order valence-electron chi connectivity index (χ0n) is 14.2. The molecule has 4 aromatic rings. The smallest absolute Gasteiger partial charge is 0.154 e. The van der Waals surface area contributed by atoms with Crippen LogP contribution in [0.3, 0.4) is 0 Å². The van der Waals surface area contributed by atoms with Crippen molar-refractivity contribution in [1.82, 2.24) is 14.6 Å². The molecule has 26 heavy (non-hydrogen) atoms. The van der Waals surface area contributed by atoms with Crippen LogP contribution in [-0.2, 0) is 12.8 Å². The first kappa shape index (κ1) is 16.6. The Morgan fingerprint density at radius 2 is 1.77 bits per heavy atom. The van der Waals surface area contributed by atoms with Crippen LogP contribution in [0.25, 0.3) is 17.8 Å². The van der Waals surface area contributed by atoms with Crippen LogP contribution in [0.15, 0.2) is 72.9 Å². The lowest BCUT2D eigenvalue weighted by atomic mass is 10.1. The van der Waals surface area contributed by atoms with Gasteiger partial charge in [-0.1, -0.05) is 60.1 Å². The van der Waals surface area contributed by atoms with Gasteiger partial charge in [0.15, 0.2) is 5.65 Å². The molecule has 0 amide bonds. The summed E-state index contributed by atoms with van der Waals surface area (Å²) in [6, 6.07) is 22.2. The third kappa shape index (κ3) is 3.84. The summed E-state index contributed by atoms with van der Waals surface area (Å²) in [5, 5.41) is 5.53. The normalized spacial score (nSPS) is 11.4. The molecule has 0 saturated carbocycles. The molecule has 2 aromatic carbocycles. The van der Waals surface area contributed by atoms with Crippen LogP contribution in [0, 0.1) is 0 Å². The molecule has 0 bridgehead atoms. The van der Waals surface area contributed by atoms with Crippen LogP contribution >= 0.6 is 11.6 Å². The summed E-state index contributed by atoms with van der Waals surface area (Å²) >= 11 is 6.06. The highest BCUT2D eigenvalue weighted by Gasteiger charge is 2.04. The second kappa shape index (κ2) is 7.54. The summed E-state index contributed by atoms with van der Waals surface area (Å²) in [7, 11) is 0. The Morgan fingerprint density at radius 1 is 0.885 bits per heavy atom. The molecule has 0 N–H and O–H groups in total. The van der Waals surface area contributed by atoms with Crippen LogP contribution in [0.1, 0.15) is 22.5 Å². The van der Waals surface area contributed by atoms with Crippen molar-refractivity contribution < 1.29 is 0 Å². The topological polar surface area (TPSA) is 30.2 Å². The minimum absolute atomic E-state index is 0.772. The number of aromatic nitrogens is 3. The number of halogens is 1. The molecule has 0 aliphatic rings. The van der Waals surface area contributed by atoms with Gasteiger partial charge in [-0.2, -0.15) is 5.10 Å². The Labute approximate surface area is 157 Å². The van der Waals surface area contributed by atoms with Gasteiger partial charge in [0, 0.05) is 5.02 Å². The average Bonchev–Trinajstić information content (AvgIpc) is 3.08. The van der Waals surface area contributed by atoms with Crippen LogP contribution in [-0.4, -0.2) is 14.6 Å². The van der Waals surface area contributed by atoms with Gasteiger partial charge in [-0.15, -0.1) is 0 Å². The van der Waals surface area contributed by atoms with E-state index in [1.165, 1.54) is 5.56 Å². The van der Waals surface area contributed by atoms with Gasteiger partial charge in [-0.05, 0) is 54.3 Å². The second-order valence-electron chi connectivity index (χ2n) is 6.15. The van der Waals surface area contributed by atoms with E-state index in [1.807, 2.05) is 65.3 Å². The Bertz CT molecular complexity index is 1050. The highest BCUT2D eigenvalue weighted by atomic mass is 35.5. The second-order valence-corrected chi connectivity index (χ2v) is 6.59. The Kier molecular flexibility index (Phi) is 4.80. The molecule has 0 saturated heterocycles. The van der Waals surface area contributed by atoms with E-state index in [4.69, 9.17) is 16.7 Å². The minimum atomic E-state index is 0.772. The zero-order chi connectivity index (χ0) is 17.8. The van der Waals surface area contributed by atoms with E-state index in [0.717, 1.165) is 40.5 Å². The molecule has 0 aliphatic heterocycles. The maximum Gasteiger partial charge on any atom is 0.154 e. The largest absolute Gasteiger partial charge is 0.235 e. The van der Waals surface area contributed by atoms with Crippen molar-refractivity contribution in [3.63, 3.8) is 0 Å². The van der Waals surface area contributed by atoms with Crippen LogP contribution in [0.2, 0.25) is 5.02 Å². The van der Waals surface area contributed by atoms with E-state index in [9.17, 15) is 0 Å². The molecular weight excluding hydrogens is 342 g/mol. The Balaban J connectivity index is 1.55. The first-order chi connectivity index (χ1) is 12.8. The fraction of sp³-hybridized carbons (Fsp3) is 0.0909. The monoisotopic (exact) mass is 359 g/mol. The van der Waals surface area contributed by atoms with Gasteiger partial charge in [0.25, 0.3) is 0 Å². The van der Waals surface area contributed by atoms with Crippen LogP contribution in [0.4, 0.5) is 0 Å². The number of benzene rings is 2. The van der Waals surface area contributed by atoms with Crippen molar-refractivity contribution in [1.29, 1.82) is 0 Å². The van der Waals surface area contributed by atoms with Gasteiger partial charge in [-0.3, -0.25) is 0 Å². The predicted molar refractivity (Wildman–Crippen MR) is 107 cm³/mol. The number of fused-ring (bicyclic) bond motifs is 1. The lowest BCUT2D eigenvalue weighted by molar-refractivity contribution is 0.820. The summed E-state index contributed by atoms with van der Waals surface area (Å²) in [4.78, 5) is 4.43. The third-order valence-corrected chi connectivity index (χ3v) is 4.48. The molecule has 0 fully saturated rings. The zero-order valence-corrected chi connectivity index (χ0v) is 15.0. The summed E-state index contributed by atoms with van der Waals surface area (Å²) in [6.45, 7) is 0. The van der Waals surface area contributed by atoms with Gasteiger partial charge in [0.1, 0.15) is 0 Å². The summed E-state index contributed by atoms with van der Waals surface area (Å²) < 4.78 is 1.90. The molecule has 128 valence electrons. The number of hydrogen-bond donors (Lipinski definition) is 0. The maximum absolute atomic E-state index is 6.06. The van der Waals surface area contributed by atoms with Crippen molar-refractivity contribution in [2.45, 2.75) is 12.8 Å². The molecule has 0 aliphatic carbocycles.